The smallest absolute Gasteiger partial charge is 0.203 e. The lowest BCUT2D eigenvalue weighted by Crippen LogP contribution is -2.37. The lowest BCUT2D eigenvalue weighted by Gasteiger charge is -2.24. The Hall–Kier alpha value is -1.31. The minimum atomic E-state index is -0.181. The minimum absolute atomic E-state index is 0.181. The van der Waals surface area contributed by atoms with E-state index in [9.17, 15) is 0 Å². The molecule has 4 heteroatoms. The van der Waals surface area contributed by atoms with E-state index >= 15 is 0 Å². The van der Waals surface area contributed by atoms with Gasteiger partial charge in [-0.1, -0.05) is 0 Å². The van der Waals surface area contributed by atoms with E-state index in [4.69, 9.17) is 14.4 Å². The molecule has 1 N–H and O–H groups in total. The highest BCUT2D eigenvalue weighted by Gasteiger charge is 2.16. The van der Waals surface area contributed by atoms with Crippen LogP contribution in [0.2, 0.25) is 0 Å². The largest absolute Gasteiger partial charge is 0.449 e. The van der Waals surface area contributed by atoms with E-state index < -0.39 is 0 Å². The highest BCUT2D eigenvalue weighted by atomic mass is 16.5. The Morgan fingerprint density at radius 1 is 1.50 bits per heavy atom. The third-order valence-electron chi connectivity index (χ3n) is 2.16. The summed E-state index contributed by atoms with van der Waals surface area (Å²) in [4.78, 5) is 0. The van der Waals surface area contributed by atoms with Gasteiger partial charge in [-0.25, -0.2) is 0 Å². The Bertz CT molecular complexity index is 363. The highest BCUT2D eigenvalue weighted by molar-refractivity contribution is 5.18. The Morgan fingerprint density at radius 2 is 2.25 bits per heavy atom. The molecule has 16 heavy (non-hydrogen) atoms. The van der Waals surface area contributed by atoms with Gasteiger partial charge in [0.15, 0.2) is 0 Å². The molecule has 0 unspecified atom stereocenters. The second-order valence-corrected chi connectivity index (χ2v) is 4.17. The number of hydrogen-bond acceptors (Lipinski definition) is 4. The number of rotatable bonds is 6. The average Bonchev–Trinajstić information content (AvgIpc) is 2.65. The molecule has 1 heterocycles. The number of hydrogen-bond donors (Lipinski definition) is 1. The zero-order chi connectivity index (χ0) is 12.0. The standard InChI is InChI=1S/C12H18N2O2/c1-4-15-12(2,3)9-14-8-11-6-5-10(7-13)16-11/h5-6,14H,4,8-9H2,1-3H3. The van der Waals surface area contributed by atoms with E-state index in [-0.39, 0.29) is 5.60 Å². The van der Waals surface area contributed by atoms with Crippen LogP contribution in [-0.2, 0) is 11.3 Å². The molecule has 0 aliphatic carbocycles. The van der Waals surface area contributed by atoms with Crippen LogP contribution in [0.25, 0.3) is 0 Å². The van der Waals surface area contributed by atoms with Crippen molar-refractivity contribution in [1.82, 2.24) is 5.32 Å². The molecule has 0 saturated carbocycles. The van der Waals surface area contributed by atoms with Gasteiger partial charge in [0.2, 0.25) is 5.76 Å². The Labute approximate surface area is 96.2 Å². The predicted molar refractivity (Wildman–Crippen MR) is 60.8 cm³/mol. The van der Waals surface area contributed by atoms with Gasteiger partial charge in [0.05, 0.1) is 12.1 Å². The number of nitrogens with zero attached hydrogens (tertiary/aromatic N) is 1. The summed E-state index contributed by atoms with van der Waals surface area (Å²) >= 11 is 0. The van der Waals surface area contributed by atoms with E-state index in [1.165, 1.54) is 0 Å². The molecule has 1 aromatic rings. The van der Waals surface area contributed by atoms with Crippen molar-refractivity contribution >= 4 is 0 Å². The molecule has 0 aromatic carbocycles. The zero-order valence-electron chi connectivity index (χ0n) is 10.0. The maximum atomic E-state index is 8.59. The lowest BCUT2D eigenvalue weighted by molar-refractivity contribution is -0.00920. The SMILES string of the molecule is CCOC(C)(C)CNCc1ccc(C#N)o1. The molecular weight excluding hydrogens is 204 g/mol. The second-order valence-electron chi connectivity index (χ2n) is 4.17. The van der Waals surface area contributed by atoms with Crippen molar-refractivity contribution in [2.75, 3.05) is 13.2 Å². The molecule has 88 valence electrons. The van der Waals surface area contributed by atoms with Crippen molar-refractivity contribution in [1.29, 1.82) is 5.26 Å². The quantitative estimate of drug-likeness (QED) is 0.800. The summed E-state index contributed by atoms with van der Waals surface area (Å²) in [6.45, 7) is 8.10. The van der Waals surface area contributed by atoms with Crippen molar-refractivity contribution in [3.8, 4) is 6.07 Å². The van der Waals surface area contributed by atoms with E-state index in [1.807, 2.05) is 26.8 Å². The van der Waals surface area contributed by atoms with Gasteiger partial charge in [0, 0.05) is 13.2 Å². The van der Waals surface area contributed by atoms with Crippen molar-refractivity contribution in [2.24, 2.45) is 0 Å². The minimum Gasteiger partial charge on any atom is -0.449 e. The molecule has 0 spiro atoms. The first-order chi connectivity index (χ1) is 7.57. The van der Waals surface area contributed by atoms with Crippen molar-refractivity contribution < 1.29 is 9.15 Å². The van der Waals surface area contributed by atoms with Crippen molar-refractivity contribution in [2.45, 2.75) is 32.9 Å². The summed E-state index contributed by atoms with van der Waals surface area (Å²) in [6.07, 6.45) is 0. The fraction of sp³-hybridized carbons (Fsp3) is 0.583. The monoisotopic (exact) mass is 222 g/mol. The third kappa shape index (κ3) is 4.05. The van der Waals surface area contributed by atoms with E-state index in [1.54, 1.807) is 12.1 Å². The summed E-state index contributed by atoms with van der Waals surface area (Å²) in [5, 5.41) is 11.8. The molecule has 0 bridgehead atoms. The molecule has 0 aliphatic rings. The molecule has 0 fully saturated rings. The van der Waals surface area contributed by atoms with Crippen LogP contribution in [0.4, 0.5) is 0 Å². The first kappa shape index (κ1) is 12.8. The number of furan rings is 1. The van der Waals surface area contributed by atoms with Gasteiger partial charge in [-0.15, -0.1) is 0 Å². The molecule has 0 aliphatic heterocycles. The molecule has 0 saturated heterocycles. The number of nitrogens with one attached hydrogen (secondary N) is 1. The predicted octanol–water partition coefficient (Wildman–Crippen LogP) is 2.06. The number of nitriles is 1. The summed E-state index contributed by atoms with van der Waals surface area (Å²) in [6, 6.07) is 5.43. The van der Waals surface area contributed by atoms with Crippen LogP contribution >= 0.6 is 0 Å². The first-order valence-corrected chi connectivity index (χ1v) is 5.41. The Morgan fingerprint density at radius 3 is 2.81 bits per heavy atom. The van der Waals surface area contributed by atoms with Gasteiger partial charge in [0.25, 0.3) is 0 Å². The maximum Gasteiger partial charge on any atom is 0.203 e. The Kier molecular flexibility index (Phi) is 4.53. The molecule has 0 atom stereocenters. The van der Waals surface area contributed by atoms with E-state index in [0.717, 1.165) is 12.3 Å². The van der Waals surface area contributed by atoms with Crippen LogP contribution in [0.15, 0.2) is 16.5 Å². The summed E-state index contributed by atoms with van der Waals surface area (Å²) in [7, 11) is 0. The van der Waals surface area contributed by atoms with Crippen LogP contribution in [-0.4, -0.2) is 18.8 Å². The molecule has 4 nitrogen and oxygen atoms in total. The summed E-state index contributed by atoms with van der Waals surface area (Å²) in [5.41, 5.74) is -0.181. The maximum absolute atomic E-state index is 8.59. The van der Waals surface area contributed by atoms with Gasteiger partial charge < -0.3 is 14.5 Å². The second kappa shape index (κ2) is 5.69. The number of ether oxygens (including phenoxy) is 1. The molecule has 0 amide bonds. The first-order valence-electron chi connectivity index (χ1n) is 5.41. The van der Waals surface area contributed by atoms with E-state index in [0.29, 0.717) is 18.9 Å². The summed E-state index contributed by atoms with van der Waals surface area (Å²) in [5.74, 6) is 1.12. The normalized spacial score (nSPS) is 11.4. The van der Waals surface area contributed by atoms with Crippen LogP contribution in [0.3, 0.4) is 0 Å². The van der Waals surface area contributed by atoms with Gasteiger partial charge in [-0.3, -0.25) is 0 Å². The highest BCUT2D eigenvalue weighted by Crippen LogP contribution is 2.09. The van der Waals surface area contributed by atoms with Crippen LogP contribution in [0, 0.1) is 11.3 Å². The van der Waals surface area contributed by atoms with Gasteiger partial charge in [-0.2, -0.15) is 5.26 Å². The molecular formula is C12H18N2O2. The van der Waals surface area contributed by atoms with E-state index in [2.05, 4.69) is 5.32 Å². The van der Waals surface area contributed by atoms with Crippen molar-refractivity contribution in [3.63, 3.8) is 0 Å². The lowest BCUT2D eigenvalue weighted by atomic mass is 10.1. The molecule has 0 radical (unpaired) electrons. The Balaban J connectivity index is 2.33. The van der Waals surface area contributed by atoms with Crippen LogP contribution < -0.4 is 5.32 Å². The zero-order valence-corrected chi connectivity index (χ0v) is 10.0. The van der Waals surface area contributed by atoms with Gasteiger partial charge in [0.1, 0.15) is 11.8 Å². The van der Waals surface area contributed by atoms with Crippen LogP contribution in [0.5, 0.6) is 0 Å². The van der Waals surface area contributed by atoms with Crippen LogP contribution in [0.1, 0.15) is 32.3 Å². The fourth-order valence-corrected chi connectivity index (χ4v) is 1.46. The summed E-state index contributed by atoms with van der Waals surface area (Å²) < 4.78 is 10.8. The van der Waals surface area contributed by atoms with Crippen molar-refractivity contribution in [3.05, 3.63) is 23.7 Å². The topological polar surface area (TPSA) is 58.2 Å². The van der Waals surface area contributed by atoms with Gasteiger partial charge >= 0.3 is 0 Å². The molecule has 1 aromatic heterocycles. The fourth-order valence-electron chi connectivity index (χ4n) is 1.46. The van der Waals surface area contributed by atoms with Gasteiger partial charge in [-0.05, 0) is 32.9 Å². The molecule has 1 rings (SSSR count). The third-order valence-corrected chi connectivity index (χ3v) is 2.16. The average molecular weight is 222 g/mol.